The van der Waals surface area contributed by atoms with Crippen molar-refractivity contribution < 1.29 is 23.9 Å². The zero-order valence-electron chi connectivity index (χ0n) is 12.2. The molecule has 0 saturated carbocycles. The van der Waals surface area contributed by atoms with Crippen LogP contribution in [0.4, 0.5) is 10.5 Å². The maximum Gasteiger partial charge on any atom is 0.331 e. The SMILES string of the molecule is CCOC(=O)/C=C/C(=O)OCCNC(=O)Nc1ccccc1. The molecule has 1 aromatic carbocycles. The number of para-hydroxylation sites is 1. The Morgan fingerprint density at radius 1 is 1.05 bits per heavy atom. The summed E-state index contributed by atoms with van der Waals surface area (Å²) in [5.74, 6) is -1.29. The van der Waals surface area contributed by atoms with Crippen molar-refractivity contribution in [2.24, 2.45) is 0 Å². The summed E-state index contributed by atoms with van der Waals surface area (Å²) < 4.78 is 9.40. The Bertz CT molecular complexity index is 528. The van der Waals surface area contributed by atoms with Crippen LogP contribution < -0.4 is 10.6 Å². The van der Waals surface area contributed by atoms with Crippen LogP contribution in [0, 0.1) is 0 Å². The molecule has 0 atom stereocenters. The summed E-state index contributed by atoms with van der Waals surface area (Å²) in [5.41, 5.74) is 0.661. The number of amides is 2. The number of carbonyl (C=O) groups excluding carboxylic acids is 3. The van der Waals surface area contributed by atoms with E-state index in [9.17, 15) is 14.4 Å². The van der Waals surface area contributed by atoms with E-state index in [1.165, 1.54) is 0 Å². The molecule has 7 heteroatoms. The third kappa shape index (κ3) is 7.68. The van der Waals surface area contributed by atoms with Gasteiger partial charge in [0.05, 0.1) is 13.2 Å². The van der Waals surface area contributed by atoms with E-state index in [1.807, 2.05) is 6.07 Å². The molecule has 0 aliphatic carbocycles. The molecule has 0 aliphatic rings. The number of ether oxygens (including phenoxy) is 2. The highest BCUT2D eigenvalue weighted by atomic mass is 16.5. The molecule has 2 amide bonds. The van der Waals surface area contributed by atoms with Crippen LogP contribution in [0.3, 0.4) is 0 Å². The fourth-order valence-corrected chi connectivity index (χ4v) is 1.39. The Labute approximate surface area is 128 Å². The normalized spacial score (nSPS) is 10.0. The van der Waals surface area contributed by atoms with Crippen LogP contribution in [0.25, 0.3) is 0 Å². The highest BCUT2D eigenvalue weighted by Gasteiger charge is 2.02. The standard InChI is InChI=1S/C15H18N2O5/c1-2-21-13(18)8-9-14(19)22-11-10-16-15(20)17-12-6-4-3-5-7-12/h3-9H,2,10-11H2,1H3,(H2,16,17,20)/b9-8+. The Morgan fingerprint density at radius 2 is 1.68 bits per heavy atom. The molecule has 7 nitrogen and oxygen atoms in total. The van der Waals surface area contributed by atoms with Gasteiger partial charge in [0.2, 0.25) is 0 Å². The van der Waals surface area contributed by atoms with Crippen molar-refractivity contribution in [3.63, 3.8) is 0 Å². The quantitative estimate of drug-likeness (QED) is 0.452. The Kier molecular flexibility index (Phi) is 7.81. The lowest BCUT2D eigenvalue weighted by atomic mass is 10.3. The molecular weight excluding hydrogens is 288 g/mol. The van der Waals surface area contributed by atoms with Crippen LogP contribution in [0.15, 0.2) is 42.5 Å². The molecule has 2 N–H and O–H groups in total. The fourth-order valence-electron chi connectivity index (χ4n) is 1.39. The number of hydrogen-bond acceptors (Lipinski definition) is 5. The monoisotopic (exact) mass is 306 g/mol. The maximum absolute atomic E-state index is 11.5. The Morgan fingerprint density at radius 3 is 2.32 bits per heavy atom. The van der Waals surface area contributed by atoms with Crippen LogP contribution >= 0.6 is 0 Å². The first-order chi connectivity index (χ1) is 10.6. The van der Waals surface area contributed by atoms with Crippen LogP contribution in [-0.2, 0) is 19.1 Å². The van der Waals surface area contributed by atoms with E-state index in [0.717, 1.165) is 12.2 Å². The third-order valence-corrected chi connectivity index (χ3v) is 2.31. The first-order valence-corrected chi connectivity index (χ1v) is 6.73. The highest BCUT2D eigenvalue weighted by Crippen LogP contribution is 2.03. The molecule has 0 fully saturated rings. The number of esters is 2. The average Bonchev–Trinajstić information content (AvgIpc) is 2.51. The van der Waals surface area contributed by atoms with Crippen molar-refractivity contribution in [2.45, 2.75) is 6.92 Å². The summed E-state index contributed by atoms with van der Waals surface area (Å²) in [4.78, 5) is 33.7. The maximum atomic E-state index is 11.5. The van der Waals surface area contributed by atoms with E-state index in [4.69, 9.17) is 4.74 Å². The topological polar surface area (TPSA) is 93.7 Å². The molecule has 118 valence electrons. The number of benzene rings is 1. The minimum atomic E-state index is -0.682. The van der Waals surface area contributed by atoms with Crippen molar-refractivity contribution in [1.29, 1.82) is 0 Å². The molecule has 0 aliphatic heterocycles. The number of urea groups is 1. The summed E-state index contributed by atoms with van der Waals surface area (Å²) in [7, 11) is 0. The Balaban J connectivity index is 2.15. The van der Waals surface area contributed by atoms with Crippen molar-refractivity contribution in [2.75, 3.05) is 25.1 Å². The third-order valence-electron chi connectivity index (χ3n) is 2.31. The molecule has 0 unspecified atom stereocenters. The molecule has 1 aromatic rings. The Hall–Kier alpha value is -2.83. The smallest absolute Gasteiger partial charge is 0.331 e. The molecule has 0 bridgehead atoms. The summed E-state index contributed by atoms with van der Waals surface area (Å²) in [6, 6.07) is 8.54. The zero-order chi connectivity index (χ0) is 16.2. The van der Waals surface area contributed by atoms with Crippen LogP contribution in [0.2, 0.25) is 0 Å². The molecule has 1 rings (SSSR count). The zero-order valence-corrected chi connectivity index (χ0v) is 12.2. The summed E-state index contributed by atoms with van der Waals surface area (Å²) in [6.45, 7) is 2.04. The number of rotatable bonds is 7. The van der Waals surface area contributed by atoms with E-state index >= 15 is 0 Å². The molecule has 0 radical (unpaired) electrons. The van der Waals surface area contributed by atoms with Crippen molar-refractivity contribution in [3.8, 4) is 0 Å². The van der Waals surface area contributed by atoms with Crippen LogP contribution in [-0.4, -0.2) is 37.7 Å². The number of nitrogens with one attached hydrogen (secondary N) is 2. The highest BCUT2D eigenvalue weighted by molar-refractivity contribution is 5.91. The lowest BCUT2D eigenvalue weighted by Crippen LogP contribution is -2.31. The predicted octanol–water partition coefficient (Wildman–Crippen LogP) is 1.47. The second-order valence-electron chi connectivity index (χ2n) is 4.00. The molecule has 22 heavy (non-hydrogen) atoms. The van der Waals surface area contributed by atoms with E-state index in [2.05, 4.69) is 15.4 Å². The van der Waals surface area contributed by atoms with Gasteiger partial charge in [-0.15, -0.1) is 0 Å². The lowest BCUT2D eigenvalue weighted by Gasteiger charge is -2.07. The predicted molar refractivity (Wildman–Crippen MR) is 80.2 cm³/mol. The second-order valence-corrected chi connectivity index (χ2v) is 4.00. The lowest BCUT2D eigenvalue weighted by molar-refractivity contribution is -0.140. The van der Waals surface area contributed by atoms with Gasteiger partial charge in [-0.1, -0.05) is 18.2 Å². The van der Waals surface area contributed by atoms with Gasteiger partial charge in [-0.25, -0.2) is 14.4 Å². The van der Waals surface area contributed by atoms with E-state index in [0.29, 0.717) is 5.69 Å². The van der Waals surface area contributed by atoms with Gasteiger partial charge in [-0.3, -0.25) is 0 Å². The van der Waals surface area contributed by atoms with Gasteiger partial charge in [-0.05, 0) is 19.1 Å². The van der Waals surface area contributed by atoms with E-state index in [1.54, 1.807) is 31.2 Å². The number of anilines is 1. The largest absolute Gasteiger partial charge is 0.463 e. The van der Waals surface area contributed by atoms with Crippen LogP contribution in [0.5, 0.6) is 0 Å². The number of hydrogen-bond donors (Lipinski definition) is 2. The molecule has 0 heterocycles. The molecular formula is C15H18N2O5. The van der Waals surface area contributed by atoms with Crippen molar-refractivity contribution >= 4 is 23.7 Å². The summed E-state index contributed by atoms with van der Waals surface area (Å²) in [6.07, 6.45) is 1.96. The average molecular weight is 306 g/mol. The van der Waals surface area contributed by atoms with E-state index < -0.39 is 18.0 Å². The van der Waals surface area contributed by atoms with Gasteiger partial charge in [0.15, 0.2) is 0 Å². The molecule has 0 spiro atoms. The second kappa shape index (κ2) is 9.98. The minimum Gasteiger partial charge on any atom is -0.463 e. The van der Waals surface area contributed by atoms with Gasteiger partial charge in [-0.2, -0.15) is 0 Å². The van der Waals surface area contributed by atoms with Gasteiger partial charge in [0.1, 0.15) is 6.61 Å². The van der Waals surface area contributed by atoms with Gasteiger partial charge >= 0.3 is 18.0 Å². The van der Waals surface area contributed by atoms with E-state index in [-0.39, 0.29) is 19.8 Å². The summed E-state index contributed by atoms with van der Waals surface area (Å²) >= 11 is 0. The van der Waals surface area contributed by atoms with Gasteiger partial charge in [0.25, 0.3) is 0 Å². The minimum absolute atomic E-state index is 0.00575. The van der Waals surface area contributed by atoms with Crippen molar-refractivity contribution in [1.82, 2.24) is 5.32 Å². The van der Waals surface area contributed by atoms with Crippen molar-refractivity contribution in [3.05, 3.63) is 42.5 Å². The fraction of sp³-hybridized carbons (Fsp3) is 0.267. The first kappa shape index (κ1) is 17.2. The van der Waals surface area contributed by atoms with Crippen LogP contribution in [0.1, 0.15) is 6.92 Å². The van der Waals surface area contributed by atoms with Gasteiger partial charge < -0.3 is 20.1 Å². The summed E-state index contributed by atoms with van der Waals surface area (Å²) in [5, 5.41) is 5.15. The number of carbonyl (C=O) groups is 3. The molecule has 0 saturated heterocycles. The molecule has 0 aromatic heterocycles. The van der Waals surface area contributed by atoms with Gasteiger partial charge in [0, 0.05) is 17.8 Å². The first-order valence-electron chi connectivity index (χ1n) is 6.73.